The van der Waals surface area contributed by atoms with E-state index < -0.39 is 18.2 Å². The highest BCUT2D eigenvalue weighted by Crippen LogP contribution is 2.24. The van der Waals surface area contributed by atoms with Crippen molar-refractivity contribution in [2.24, 2.45) is 0 Å². The minimum atomic E-state index is -0.991. The average Bonchev–Trinajstić information content (AvgIpc) is 2.85. The summed E-state index contributed by atoms with van der Waals surface area (Å²) in [6.07, 6.45) is 1.29. The molecule has 0 heterocycles. The molecule has 37 heavy (non-hydrogen) atoms. The summed E-state index contributed by atoms with van der Waals surface area (Å²) in [6.45, 7) is 5.89. The molecule has 8 nitrogen and oxygen atoms in total. The van der Waals surface area contributed by atoms with Gasteiger partial charge >= 0.3 is 12.1 Å². The maximum Gasteiger partial charge on any atom is 0.409 e. The highest BCUT2D eigenvalue weighted by molar-refractivity contribution is 6.34. The molecule has 2 aromatic rings. The number of aliphatic carboxylic acids is 1. The van der Waals surface area contributed by atoms with E-state index in [1.54, 1.807) is 54.3 Å². The molecule has 0 radical (unpaired) electrons. The molecule has 1 atom stereocenters. The van der Waals surface area contributed by atoms with Gasteiger partial charge in [0.25, 0.3) is 0 Å². The Morgan fingerprint density at radius 1 is 0.892 bits per heavy atom. The average molecular weight is 556 g/mol. The number of amides is 1. The fraction of sp³-hybridized carbons (Fsp3) is 0.481. The van der Waals surface area contributed by atoms with Gasteiger partial charge < -0.3 is 29.0 Å². The summed E-state index contributed by atoms with van der Waals surface area (Å²) in [5, 5.41) is 10.2. The molecular weight excluding hydrogens is 521 g/mol. The quantitative estimate of drug-likeness (QED) is 0.235. The number of unbranched alkanes of at least 4 members (excludes halogenated alkanes) is 1. The van der Waals surface area contributed by atoms with E-state index in [9.17, 15) is 14.7 Å². The lowest BCUT2D eigenvalue weighted by molar-refractivity contribution is -0.149. The second-order valence-corrected chi connectivity index (χ2v) is 9.11. The van der Waals surface area contributed by atoms with Gasteiger partial charge in [-0.1, -0.05) is 48.7 Å². The third kappa shape index (κ3) is 11.9. The van der Waals surface area contributed by atoms with Gasteiger partial charge in [0.05, 0.1) is 19.8 Å². The van der Waals surface area contributed by atoms with Gasteiger partial charge in [-0.2, -0.15) is 0 Å². The Morgan fingerprint density at radius 3 is 2.19 bits per heavy atom. The standard InChI is InChI=1S/C27H35Cl2NO7/c1-3-5-13-37-27(33)30(11-6-14-35-24-18-21(28)17-22(29)19-24)12-15-36-23-9-7-20(8-10-23)16-25(26(31)32)34-4-2/h7-10,17-19,25H,3-6,11-16H2,1-2H3,(H,31,32). The minimum Gasteiger partial charge on any atom is -0.493 e. The number of carboxylic acids is 1. The molecule has 10 heteroatoms. The van der Waals surface area contributed by atoms with Gasteiger partial charge in [0.2, 0.25) is 0 Å². The molecule has 0 aliphatic rings. The largest absolute Gasteiger partial charge is 0.493 e. The highest BCUT2D eigenvalue weighted by atomic mass is 35.5. The normalized spacial score (nSPS) is 11.6. The lowest BCUT2D eigenvalue weighted by Crippen LogP contribution is -2.36. The first kappa shape index (κ1) is 30.5. The molecule has 0 bridgehead atoms. The number of benzene rings is 2. The second-order valence-electron chi connectivity index (χ2n) is 8.24. The van der Waals surface area contributed by atoms with Gasteiger partial charge in [-0.3, -0.25) is 0 Å². The number of rotatable bonds is 17. The van der Waals surface area contributed by atoms with Crippen molar-refractivity contribution in [2.45, 2.75) is 45.6 Å². The lowest BCUT2D eigenvalue weighted by atomic mass is 10.1. The van der Waals surface area contributed by atoms with E-state index in [4.69, 9.17) is 42.1 Å². The molecule has 0 aliphatic carbocycles. The van der Waals surface area contributed by atoms with E-state index in [0.717, 1.165) is 18.4 Å². The van der Waals surface area contributed by atoms with Crippen LogP contribution in [0.15, 0.2) is 42.5 Å². The fourth-order valence-corrected chi connectivity index (χ4v) is 3.88. The zero-order valence-corrected chi connectivity index (χ0v) is 22.8. The van der Waals surface area contributed by atoms with E-state index in [0.29, 0.717) is 60.9 Å². The summed E-state index contributed by atoms with van der Waals surface area (Å²) in [5.74, 6) is 0.194. The predicted octanol–water partition coefficient (Wildman–Crippen LogP) is 6.11. The van der Waals surface area contributed by atoms with Gasteiger partial charge in [0.15, 0.2) is 6.10 Å². The van der Waals surface area contributed by atoms with E-state index in [1.165, 1.54) is 0 Å². The summed E-state index contributed by atoms with van der Waals surface area (Å²) in [6, 6.07) is 12.2. The third-order valence-corrected chi connectivity index (χ3v) is 5.71. The van der Waals surface area contributed by atoms with Crippen molar-refractivity contribution in [2.75, 3.05) is 39.5 Å². The van der Waals surface area contributed by atoms with Crippen LogP contribution < -0.4 is 9.47 Å². The van der Waals surface area contributed by atoms with Crippen LogP contribution in [0.2, 0.25) is 10.0 Å². The van der Waals surface area contributed by atoms with Crippen LogP contribution in [0.25, 0.3) is 0 Å². The molecule has 0 fully saturated rings. The maximum absolute atomic E-state index is 12.6. The predicted molar refractivity (Wildman–Crippen MR) is 143 cm³/mol. The molecule has 204 valence electrons. The Balaban J connectivity index is 1.85. The molecule has 0 aliphatic heterocycles. The molecule has 0 aromatic heterocycles. The highest BCUT2D eigenvalue weighted by Gasteiger charge is 2.18. The Morgan fingerprint density at radius 2 is 1.57 bits per heavy atom. The number of hydrogen-bond donors (Lipinski definition) is 1. The summed E-state index contributed by atoms with van der Waals surface area (Å²) in [5.41, 5.74) is 0.829. The zero-order valence-electron chi connectivity index (χ0n) is 21.3. The van der Waals surface area contributed by atoms with Crippen molar-refractivity contribution in [3.05, 3.63) is 58.1 Å². The number of nitrogens with zero attached hydrogens (tertiary/aromatic N) is 1. The van der Waals surface area contributed by atoms with Gasteiger partial charge in [-0.25, -0.2) is 9.59 Å². The zero-order chi connectivity index (χ0) is 27.0. The Hall–Kier alpha value is -2.68. The molecule has 1 unspecified atom stereocenters. The summed E-state index contributed by atoms with van der Waals surface area (Å²) in [7, 11) is 0. The topological polar surface area (TPSA) is 94.5 Å². The van der Waals surface area contributed by atoms with Gasteiger partial charge in [0, 0.05) is 29.6 Å². The van der Waals surface area contributed by atoms with Crippen molar-refractivity contribution in [1.29, 1.82) is 0 Å². The first-order valence-corrected chi connectivity index (χ1v) is 13.1. The number of carboxylic acid groups (broad SMARTS) is 1. The van der Waals surface area contributed by atoms with Gasteiger partial charge in [-0.15, -0.1) is 0 Å². The van der Waals surface area contributed by atoms with E-state index in [1.807, 2.05) is 6.92 Å². The molecule has 0 spiro atoms. The van der Waals surface area contributed by atoms with Crippen LogP contribution in [0.3, 0.4) is 0 Å². The third-order valence-electron chi connectivity index (χ3n) is 5.28. The van der Waals surface area contributed by atoms with E-state index in [2.05, 4.69) is 0 Å². The number of halogens is 2. The smallest absolute Gasteiger partial charge is 0.409 e. The van der Waals surface area contributed by atoms with E-state index in [-0.39, 0.29) is 13.0 Å². The minimum absolute atomic E-state index is 0.268. The molecule has 2 aromatic carbocycles. The van der Waals surface area contributed by atoms with Crippen LogP contribution in [-0.4, -0.2) is 67.7 Å². The first-order valence-electron chi connectivity index (χ1n) is 12.4. The summed E-state index contributed by atoms with van der Waals surface area (Å²) in [4.78, 5) is 25.5. The summed E-state index contributed by atoms with van der Waals surface area (Å²) >= 11 is 12.0. The van der Waals surface area contributed by atoms with Crippen LogP contribution in [-0.2, 0) is 20.7 Å². The van der Waals surface area contributed by atoms with Gasteiger partial charge in [0.1, 0.15) is 18.1 Å². The molecule has 2 rings (SSSR count). The molecule has 0 saturated heterocycles. The number of carbonyl (C=O) groups excluding carboxylic acids is 1. The number of hydrogen-bond acceptors (Lipinski definition) is 6. The first-order chi connectivity index (χ1) is 17.8. The SMILES string of the molecule is CCCCOC(=O)N(CCCOc1cc(Cl)cc(Cl)c1)CCOc1ccc(CC(OCC)C(=O)O)cc1. The number of ether oxygens (including phenoxy) is 4. The van der Waals surface area contributed by atoms with Crippen LogP contribution in [0.1, 0.15) is 38.7 Å². The Bertz CT molecular complexity index is 951. The van der Waals surface area contributed by atoms with Crippen LogP contribution >= 0.6 is 23.2 Å². The maximum atomic E-state index is 12.6. The molecule has 0 saturated carbocycles. The van der Waals surface area contributed by atoms with Crippen molar-refractivity contribution in [3.8, 4) is 11.5 Å². The number of carbonyl (C=O) groups is 2. The Kier molecular flexibility index (Phi) is 14.0. The van der Waals surface area contributed by atoms with Crippen molar-refractivity contribution >= 4 is 35.3 Å². The molecular formula is C27H35Cl2NO7. The van der Waals surface area contributed by atoms with Crippen molar-refractivity contribution in [1.82, 2.24) is 4.90 Å². The monoisotopic (exact) mass is 555 g/mol. The van der Waals surface area contributed by atoms with Crippen LogP contribution in [0, 0.1) is 0 Å². The fourth-order valence-electron chi connectivity index (χ4n) is 3.38. The molecule has 1 amide bonds. The molecule has 1 N–H and O–H groups in total. The van der Waals surface area contributed by atoms with Gasteiger partial charge in [-0.05, 0) is 55.7 Å². The second kappa shape index (κ2) is 16.9. The van der Waals surface area contributed by atoms with E-state index >= 15 is 0 Å². The van der Waals surface area contributed by atoms with Crippen LogP contribution in [0.4, 0.5) is 4.79 Å². The Labute approximate surface area is 228 Å². The lowest BCUT2D eigenvalue weighted by Gasteiger charge is -2.22. The summed E-state index contributed by atoms with van der Waals surface area (Å²) < 4.78 is 22.2. The van der Waals surface area contributed by atoms with Crippen LogP contribution in [0.5, 0.6) is 11.5 Å². The van der Waals surface area contributed by atoms with Crippen molar-refractivity contribution < 1.29 is 33.6 Å². The van der Waals surface area contributed by atoms with Crippen molar-refractivity contribution in [3.63, 3.8) is 0 Å².